The minimum Gasteiger partial charge on any atom is -0.478 e. The Hall–Kier alpha value is -4.65. The summed E-state index contributed by atoms with van der Waals surface area (Å²) in [6, 6.07) is 20.1. The Morgan fingerprint density at radius 2 is 1.76 bits per heavy atom. The number of carboxylic acid groups (broad SMARTS) is 2. The number of pyridine rings is 1. The normalized spacial score (nSPS) is 11.2. The molecule has 0 saturated heterocycles. The molecule has 0 fully saturated rings. The van der Waals surface area contributed by atoms with Crippen LogP contribution in [-0.4, -0.2) is 26.9 Å². The molecule has 3 aromatic carbocycles. The summed E-state index contributed by atoms with van der Waals surface area (Å²) in [6.07, 6.45) is 5.61. The van der Waals surface area contributed by atoms with E-state index in [9.17, 15) is 14.4 Å². The number of aromatic nitrogens is 1. The molecule has 0 aliphatic rings. The van der Waals surface area contributed by atoms with Gasteiger partial charge in [0.25, 0.3) is 0 Å². The molecule has 7 nitrogen and oxygen atoms in total. The van der Waals surface area contributed by atoms with Gasteiger partial charge in [0.2, 0.25) is 0 Å². The van der Waals surface area contributed by atoms with Gasteiger partial charge >= 0.3 is 12.1 Å². The number of fused-ring (bicyclic) bond motifs is 1. The molecular weight excluding hydrogens is 470 g/mol. The molecule has 0 bridgehead atoms. The SMILES string of the molecule is CCCCc1cn(Cc2ccc(-c3ccccc3OC(=O)O)cc2)c2ccc(C=CC(=O)O)cc2c1=O. The fraction of sp³-hybridized carbons (Fsp3) is 0.167. The number of hydrogen-bond acceptors (Lipinski definition) is 4. The van der Waals surface area contributed by atoms with E-state index in [1.807, 2.05) is 47.2 Å². The van der Waals surface area contributed by atoms with Crippen LogP contribution in [0.3, 0.4) is 0 Å². The zero-order valence-electron chi connectivity index (χ0n) is 20.4. The second-order valence-electron chi connectivity index (χ2n) is 8.72. The summed E-state index contributed by atoms with van der Waals surface area (Å²) < 4.78 is 6.96. The van der Waals surface area contributed by atoms with Gasteiger partial charge in [-0.25, -0.2) is 9.59 Å². The van der Waals surface area contributed by atoms with Crippen LogP contribution in [0.15, 0.2) is 83.8 Å². The Morgan fingerprint density at radius 3 is 2.46 bits per heavy atom. The number of carboxylic acids is 1. The Kier molecular flexibility index (Phi) is 7.83. The van der Waals surface area contributed by atoms with E-state index in [2.05, 4.69) is 6.92 Å². The highest BCUT2D eigenvalue weighted by Gasteiger charge is 2.12. The minimum absolute atomic E-state index is 0.0318. The van der Waals surface area contributed by atoms with E-state index in [1.54, 1.807) is 30.3 Å². The van der Waals surface area contributed by atoms with E-state index in [-0.39, 0.29) is 11.2 Å². The summed E-state index contributed by atoms with van der Waals surface area (Å²) >= 11 is 0. The third kappa shape index (κ3) is 6.13. The third-order valence-electron chi connectivity index (χ3n) is 6.10. The van der Waals surface area contributed by atoms with Gasteiger partial charge in [-0.1, -0.05) is 61.9 Å². The minimum atomic E-state index is -1.37. The lowest BCUT2D eigenvalue weighted by Gasteiger charge is -2.15. The lowest BCUT2D eigenvalue weighted by Crippen LogP contribution is -2.15. The quantitative estimate of drug-likeness (QED) is 0.162. The van der Waals surface area contributed by atoms with Gasteiger partial charge in [-0.3, -0.25) is 4.79 Å². The van der Waals surface area contributed by atoms with Crippen LogP contribution in [0.2, 0.25) is 0 Å². The summed E-state index contributed by atoms with van der Waals surface area (Å²) in [5.74, 6) is -0.780. The van der Waals surface area contributed by atoms with Crippen molar-refractivity contribution in [1.82, 2.24) is 4.57 Å². The number of unbranched alkanes of at least 4 members (excludes halogenated alkanes) is 1. The number of rotatable bonds is 9. The number of para-hydroxylation sites is 1. The van der Waals surface area contributed by atoms with Gasteiger partial charge in [0, 0.05) is 35.3 Å². The van der Waals surface area contributed by atoms with Crippen molar-refractivity contribution >= 4 is 29.1 Å². The Bertz CT molecular complexity index is 1530. The highest BCUT2D eigenvalue weighted by atomic mass is 16.7. The maximum Gasteiger partial charge on any atom is 0.511 e. The molecule has 0 spiro atoms. The van der Waals surface area contributed by atoms with Gasteiger partial charge in [0.05, 0.1) is 5.52 Å². The number of benzene rings is 3. The lowest BCUT2D eigenvalue weighted by molar-refractivity contribution is -0.131. The van der Waals surface area contributed by atoms with E-state index in [0.717, 1.165) is 41.1 Å². The molecule has 4 aromatic rings. The van der Waals surface area contributed by atoms with Gasteiger partial charge in [0.1, 0.15) is 5.75 Å². The first-order valence-electron chi connectivity index (χ1n) is 12.0. The van der Waals surface area contributed by atoms with Crippen LogP contribution in [0, 0.1) is 0 Å². The van der Waals surface area contributed by atoms with Crippen molar-refractivity contribution in [3.05, 3.63) is 106 Å². The van der Waals surface area contributed by atoms with Crippen LogP contribution in [0.25, 0.3) is 28.1 Å². The zero-order chi connectivity index (χ0) is 26.4. The average molecular weight is 498 g/mol. The molecule has 0 atom stereocenters. The summed E-state index contributed by atoms with van der Waals surface area (Å²) in [5, 5.41) is 18.5. The number of hydrogen-bond donors (Lipinski definition) is 2. The fourth-order valence-electron chi connectivity index (χ4n) is 4.30. The topological polar surface area (TPSA) is 106 Å². The molecule has 4 rings (SSSR count). The molecule has 1 aromatic heterocycles. The predicted molar refractivity (Wildman–Crippen MR) is 143 cm³/mol. The van der Waals surface area contributed by atoms with Gasteiger partial charge < -0.3 is 19.5 Å². The van der Waals surface area contributed by atoms with E-state index in [4.69, 9.17) is 14.9 Å². The predicted octanol–water partition coefficient (Wildman–Crippen LogP) is 6.21. The van der Waals surface area contributed by atoms with Crippen LogP contribution in [-0.2, 0) is 17.8 Å². The van der Waals surface area contributed by atoms with Gasteiger partial charge in [-0.2, -0.15) is 0 Å². The maximum absolute atomic E-state index is 13.2. The molecule has 2 N–H and O–H groups in total. The largest absolute Gasteiger partial charge is 0.511 e. The second kappa shape index (κ2) is 11.4. The van der Waals surface area contributed by atoms with Crippen LogP contribution >= 0.6 is 0 Å². The van der Waals surface area contributed by atoms with E-state index in [1.165, 1.54) is 6.08 Å². The number of nitrogens with zero attached hydrogens (tertiary/aromatic N) is 1. The van der Waals surface area contributed by atoms with Crippen LogP contribution in [0.4, 0.5) is 4.79 Å². The van der Waals surface area contributed by atoms with Crippen molar-refractivity contribution in [1.29, 1.82) is 0 Å². The molecule has 0 aliphatic heterocycles. The molecule has 0 aliphatic carbocycles. The second-order valence-corrected chi connectivity index (χ2v) is 8.72. The first-order chi connectivity index (χ1) is 17.9. The number of aryl methyl sites for hydroxylation is 1. The van der Waals surface area contributed by atoms with Crippen molar-refractivity contribution in [2.45, 2.75) is 32.7 Å². The van der Waals surface area contributed by atoms with Crippen molar-refractivity contribution in [3.63, 3.8) is 0 Å². The Labute approximate surface area is 213 Å². The standard InChI is InChI=1S/C30H27NO6/c1-2-3-6-23-19-31(26-15-11-20(12-16-28(32)33)17-25(26)29(23)34)18-21-9-13-22(14-10-21)24-7-4-5-8-27(24)37-30(35)36/h4-5,7-17,19H,2-3,6,18H2,1H3,(H,32,33)(H,35,36). The van der Waals surface area contributed by atoms with Gasteiger partial charge in [-0.15, -0.1) is 0 Å². The zero-order valence-corrected chi connectivity index (χ0v) is 20.4. The number of ether oxygens (including phenoxy) is 1. The van der Waals surface area contributed by atoms with Crippen molar-refractivity contribution < 1.29 is 24.5 Å². The molecule has 188 valence electrons. The molecule has 7 heteroatoms. The van der Waals surface area contributed by atoms with Crippen molar-refractivity contribution in [2.24, 2.45) is 0 Å². The monoisotopic (exact) mass is 497 g/mol. The summed E-state index contributed by atoms with van der Waals surface area (Å²) in [4.78, 5) is 35.2. The molecule has 37 heavy (non-hydrogen) atoms. The first-order valence-corrected chi connectivity index (χ1v) is 12.0. The fourth-order valence-corrected chi connectivity index (χ4v) is 4.30. The van der Waals surface area contributed by atoms with E-state index < -0.39 is 12.1 Å². The maximum atomic E-state index is 13.2. The number of aliphatic carboxylic acids is 1. The van der Waals surface area contributed by atoms with E-state index in [0.29, 0.717) is 29.5 Å². The third-order valence-corrected chi connectivity index (χ3v) is 6.10. The molecule has 1 heterocycles. The molecule has 0 unspecified atom stereocenters. The lowest BCUT2D eigenvalue weighted by atomic mass is 10.0. The van der Waals surface area contributed by atoms with Gasteiger partial charge in [-0.05, 0) is 53.8 Å². The van der Waals surface area contributed by atoms with Gasteiger partial charge in [0.15, 0.2) is 5.43 Å². The molecule has 0 saturated carbocycles. The Morgan fingerprint density at radius 1 is 1.00 bits per heavy atom. The highest BCUT2D eigenvalue weighted by molar-refractivity contribution is 5.88. The summed E-state index contributed by atoms with van der Waals surface area (Å²) in [6.45, 7) is 2.60. The Balaban J connectivity index is 1.71. The summed E-state index contributed by atoms with van der Waals surface area (Å²) in [5.41, 5.74) is 4.61. The van der Waals surface area contributed by atoms with E-state index >= 15 is 0 Å². The van der Waals surface area contributed by atoms with Crippen molar-refractivity contribution in [3.8, 4) is 16.9 Å². The van der Waals surface area contributed by atoms with Crippen LogP contribution in [0.5, 0.6) is 5.75 Å². The molecular formula is C30H27NO6. The summed E-state index contributed by atoms with van der Waals surface area (Å²) in [7, 11) is 0. The van der Waals surface area contributed by atoms with Crippen molar-refractivity contribution in [2.75, 3.05) is 0 Å². The number of carbonyl (C=O) groups is 2. The van der Waals surface area contributed by atoms with Crippen LogP contribution in [0.1, 0.15) is 36.5 Å². The highest BCUT2D eigenvalue weighted by Crippen LogP contribution is 2.30. The average Bonchev–Trinajstić information content (AvgIpc) is 2.89. The molecule has 0 amide bonds. The van der Waals surface area contributed by atoms with Crippen LogP contribution < -0.4 is 10.2 Å². The molecule has 0 radical (unpaired) electrons. The first kappa shape index (κ1) is 25.4. The smallest absolute Gasteiger partial charge is 0.478 e.